The molecule has 0 unspecified atom stereocenters. The zero-order valence-electron chi connectivity index (χ0n) is 12.4. The Labute approximate surface area is 117 Å². The van der Waals surface area contributed by atoms with Gasteiger partial charge >= 0.3 is 0 Å². The molecule has 1 aliphatic carbocycles. The second-order valence-corrected chi connectivity index (χ2v) is 5.54. The molecule has 1 aromatic carbocycles. The zero-order valence-corrected chi connectivity index (χ0v) is 12.4. The lowest BCUT2D eigenvalue weighted by Gasteiger charge is -2.12. The number of aryl methyl sites for hydroxylation is 3. The minimum atomic E-state index is 1.16. The molecule has 0 radical (unpaired) electrons. The molecule has 0 fully saturated rings. The van der Waals surface area contributed by atoms with Crippen LogP contribution in [0.1, 0.15) is 41.5 Å². The molecule has 0 heterocycles. The Balaban J connectivity index is 2.06. The van der Waals surface area contributed by atoms with Crippen molar-refractivity contribution in [2.24, 2.45) is 0 Å². The van der Waals surface area contributed by atoms with E-state index in [4.69, 9.17) is 0 Å². The fraction of sp³-hybridized carbons (Fsp3) is 0.368. The molecule has 0 saturated carbocycles. The van der Waals surface area contributed by atoms with Crippen LogP contribution in [0.3, 0.4) is 0 Å². The summed E-state index contributed by atoms with van der Waals surface area (Å²) in [7, 11) is 0. The summed E-state index contributed by atoms with van der Waals surface area (Å²) < 4.78 is 0. The maximum Gasteiger partial charge on any atom is -0.0239 e. The van der Waals surface area contributed by atoms with Crippen molar-refractivity contribution in [2.75, 3.05) is 0 Å². The first-order chi connectivity index (χ1) is 9.16. The fourth-order valence-corrected chi connectivity index (χ4v) is 2.67. The first-order valence-electron chi connectivity index (χ1n) is 7.25. The topological polar surface area (TPSA) is 0 Å². The summed E-state index contributed by atoms with van der Waals surface area (Å²) in [6, 6.07) is 4.63. The fourth-order valence-electron chi connectivity index (χ4n) is 2.67. The molecule has 2 rings (SSSR count). The van der Waals surface area contributed by atoms with E-state index in [-0.39, 0.29) is 0 Å². The van der Waals surface area contributed by atoms with E-state index in [1.165, 1.54) is 41.5 Å². The molecule has 0 heteroatoms. The van der Waals surface area contributed by atoms with Crippen LogP contribution in [-0.4, -0.2) is 0 Å². The first kappa shape index (κ1) is 13.9. The van der Waals surface area contributed by atoms with Gasteiger partial charge in [0.25, 0.3) is 0 Å². The molecule has 0 aliphatic heterocycles. The minimum Gasteiger partial charge on any atom is -0.0842 e. The van der Waals surface area contributed by atoms with Gasteiger partial charge in [-0.3, -0.25) is 0 Å². The largest absolute Gasteiger partial charge is 0.0842 e. The van der Waals surface area contributed by atoms with Crippen LogP contribution in [0, 0.1) is 20.8 Å². The van der Waals surface area contributed by atoms with Crippen molar-refractivity contribution >= 4 is 0 Å². The summed E-state index contributed by atoms with van der Waals surface area (Å²) >= 11 is 0. The summed E-state index contributed by atoms with van der Waals surface area (Å²) in [6.45, 7) is 6.66. The average molecular weight is 252 g/mol. The molecule has 1 aromatic rings. The van der Waals surface area contributed by atoms with Crippen LogP contribution < -0.4 is 0 Å². The average Bonchev–Trinajstić information content (AvgIpc) is 2.33. The summed E-state index contributed by atoms with van der Waals surface area (Å²) in [4.78, 5) is 0. The third kappa shape index (κ3) is 3.96. The number of rotatable bonds is 3. The Morgan fingerprint density at radius 1 is 0.947 bits per heavy atom. The van der Waals surface area contributed by atoms with Gasteiger partial charge in [0.2, 0.25) is 0 Å². The highest BCUT2D eigenvalue weighted by Crippen LogP contribution is 2.21. The van der Waals surface area contributed by atoms with E-state index in [1.807, 2.05) is 0 Å². The quantitative estimate of drug-likeness (QED) is 0.677. The molecule has 0 amide bonds. The van der Waals surface area contributed by atoms with Crippen LogP contribution in [0.5, 0.6) is 0 Å². The molecular formula is C19H24. The molecular weight excluding hydrogens is 228 g/mol. The Morgan fingerprint density at radius 2 is 1.79 bits per heavy atom. The standard InChI is InChI=1S/C19H24/c1-15-13-16(2)17(3)19(14-15)12-11-18-9-7-5-4-6-8-10-18/h4-7,9,13-14H,8,10-12H2,1-3H3/b6-4+,7-5-,18-9-. The molecule has 19 heavy (non-hydrogen) atoms. The summed E-state index contributed by atoms with van der Waals surface area (Å²) in [5.41, 5.74) is 7.35. The SMILES string of the molecule is Cc1cc(C)c(C)c(CC\C2=C/C=C\C=C\CC2)c1. The maximum absolute atomic E-state index is 2.35. The minimum absolute atomic E-state index is 1.16. The predicted molar refractivity (Wildman–Crippen MR) is 84.6 cm³/mol. The van der Waals surface area contributed by atoms with Crippen molar-refractivity contribution in [3.63, 3.8) is 0 Å². The first-order valence-corrected chi connectivity index (χ1v) is 7.25. The van der Waals surface area contributed by atoms with Crippen molar-refractivity contribution in [3.05, 3.63) is 70.3 Å². The van der Waals surface area contributed by atoms with E-state index >= 15 is 0 Å². The van der Waals surface area contributed by atoms with Gasteiger partial charge in [0.05, 0.1) is 0 Å². The van der Waals surface area contributed by atoms with Gasteiger partial charge in [-0.15, -0.1) is 0 Å². The van der Waals surface area contributed by atoms with Crippen LogP contribution in [0.2, 0.25) is 0 Å². The predicted octanol–water partition coefficient (Wildman–Crippen LogP) is 5.38. The van der Waals surface area contributed by atoms with E-state index < -0.39 is 0 Å². The Kier molecular flexibility index (Phi) is 4.79. The van der Waals surface area contributed by atoms with Gasteiger partial charge in [0, 0.05) is 0 Å². The van der Waals surface area contributed by atoms with Gasteiger partial charge in [0.1, 0.15) is 0 Å². The molecule has 0 nitrogen and oxygen atoms in total. The van der Waals surface area contributed by atoms with Crippen LogP contribution in [-0.2, 0) is 6.42 Å². The van der Waals surface area contributed by atoms with Gasteiger partial charge < -0.3 is 0 Å². The second kappa shape index (κ2) is 6.56. The van der Waals surface area contributed by atoms with Gasteiger partial charge in [-0.1, -0.05) is 53.6 Å². The highest BCUT2D eigenvalue weighted by molar-refractivity contribution is 5.37. The van der Waals surface area contributed by atoms with E-state index in [0.717, 1.165) is 6.42 Å². The van der Waals surface area contributed by atoms with Crippen LogP contribution in [0.4, 0.5) is 0 Å². The van der Waals surface area contributed by atoms with Crippen molar-refractivity contribution in [2.45, 2.75) is 46.5 Å². The lowest BCUT2D eigenvalue weighted by atomic mass is 9.94. The van der Waals surface area contributed by atoms with Crippen molar-refractivity contribution in [3.8, 4) is 0 Å². The highest BCUT2D eigenvalue weighted by Gasteiger charge is 2.05. The van der Waals surface area contributed by atoms with Crippen molar-refractivity contribution in [1.82, 2.24) is 0 Å². The molecule has 100 valence electrons. The smallest absolute Gasteiger partial charge is 0.0239 e. The van der Waals surface area contributed by atoms with Gasteiger partial charge in [0.15, 0.2) is 0 Å². The van der Waals surface area contributed by atoms with Crippen LogP contribution in [0.15, 0.2) is 48.1 Å². The number of hydrogen-bond acceptors (Lipinski definition) is 0. The number of allylic oxidation sites excluding steroid dienone is 6. The Hall–Kier alpha value is -1.56. The second-order valence-electron chi connectivity index (χ2n) is 5.54. The third-order valence-electron chi connectivity index (χ3n) is 3.96. The summed E-state index contributed by atoms with van der Waals surface area (Å²) in [5, 5.41) is 0. The maximum atomic E-state index is 2.35. The van der Waals surface area contributed by atoms with E-state index in [9.17, 15) is 0 Å². The van der Waals surface area contributed by atoms with Gasteiger partial charge in [-0.2, -0.15) is 0 Å². The van der Waals surface area contributed by atoms with Crippen molar-refractivity contribution < 1.29 is 0 Å². The van der Waals surface area contributed by atoms with E-state index in [0.29, 0.717) is 0 Å². The Bertz CT molecular complexity index is 527. The molecule has 0 atom stereocenters. The normalized spacial score (nSPS) is 21.1. The summed E-state index contributed by atoms with van der Waals surface area (Å²) in [6.07, 6.45) is 15.7. The third-order valence-corrected chi connectivity index (χ3v) is 3.96. The van der Waals surface area contributed by atoms with Crippen LogP contribution in [0.25, 0.3) is 0 Å². The molecule has 0 N–H and O–H groups in total. The lowest BCUT2D eigenvalue weighted by molar-refractivity contribution is 0.842. The number of benzene rings is 1. The number of hydrogen-bond donors (Lipinski definition) is 0. The summed E-state index contributed by atoms with van der Waals surface area (Å²) in [5.74, 6) is 0. The van der Waals surface area contributed by atoms with Crippen molar-refractivity contribution in [1.29, 1.82) is 0 Å². The molecule has 0 spiro atoms. The monoisotopic (exact) mass is 252 g/mol. The van der Waals surface area contributed by atoms with E-state index in [2.05, 4.69) is 63.3 Å². The molecule has 0 aromatic heterocycles. The van der Waals surface area contributed by atoms with Gasteiger partial charge in [-0.25, -0.2) is 0 Å². The Morgan fingerprint density at radius 3 is 2.63 bits per heavy atom. The molecule has 0 saturated heterocycles. The van der Waals surface area contributed by atoms with Crippen LogP contribution >= 0.6 is 0 Å². The lowest BCUT2D eigenvalue weighted by Crippen LogP contribution is -1.96. The molecule has 0 bridgehead atoms. The molecule has 1 aliphatic rings. The van der Waals surface area contributed by atoms with E-state index in [1.54, 1.807) is 5.57 Å². The van der Waals surface area contributed by atoms with Gasteiger partial charge in [-0.05, 0) is 63.1 Å². The highest BCUT2D eigenvalue weighted by atomic mass is 14.1. The zero-order chi connectivity index (χ0) is 13.7.